The summed E-state index contributed by atoms with van der Waals surface area (Å²) < 4.78 is 5.48. The molecule has 1 N–H and O–H groups in total. The fourth-order valence-electron chi connectivity index (χ4n) is 3.30. The highest BCUT2D eigenvalue weighted by Crippen LogP contribution is 2.30. The molecule has 1 aliphatic carbocycles. The van der Waals surface area contributed by atoms with E-state index in [9.17, 15) is 0 Å². The summed E-state index contributed by atoms with van der Waals surface area (Å²) in [5.41, 5.74) is 4.18. The molecule has 1 aliphatic rings. The van der Waals surface area contributed by atoms with E-state index < -0.39 is 0 Å². The molecule has 0 fully saturated rings. The van der Waals surface area contributed by atoms with Crippen LogP contribution in [0.1, 0.15) is 36.1 Å². The predicted molar refractivity (Wildman–Crippen MR) is 86.8 cm³/mol. The van der Waals surface area contributed by atoms with Gasteiger partial charge in [0.15, 0.2) is 0 Å². The summed E-state index contributed by atoms with van der Waals surface area (Å²) >= 11 is 0. The van der Waals surface area contributed by atoms with Gasteiger partial charge in [0.1, 0.15) is 5.75 Å². The van der Waals surface area contributed by atoms with E-state index in [-0.39, 0.29) is 0 Å². The van der Waals surface area contributed by atoms with Crippen LogP contribution in [0.15, 0.2) is 48.5 Å². The number of nitrogens with one attached hydrogen (secondary N) is 1. The molecule has 110 valence electrons. The third-order valence-electron chi connectivity index (χ3n) is 4.44. The quantitative estimate of drug-likeness (QED) is 0.917. The molecule has 0 radical (unpaired) electrons. The molecule has 0 spiro atoms. The van der Waals surface area contributed by atoms with Gasteiger partial charge in [0.2, 0.25) is 0 Å². The first-order valence-electron chi connectivity index (χ1n) is 7.73. The first kappa shape index (κ1) is 14.2. The van der Waals surface area contributed by atoms with Crippen LogP contribution in [0.4, 0.5) is 0 Å². The van der Waals surface area contributed by atoms with Gasteiger partial charge in [-0.1, -0.05) is 42.5 Å². The van der Waals surface area contributed by atoms with Crippen molar-refractivity contribution in [3.8, 4) is 5.75 Å². The Bertz CT molecular complexity index is 594. The normalized spacial score (nSPS) is 18.9. The highest BCUT2D eigenvalue weighted by atomic mass is 16.5. The van der Waals surface area contributed by atoms with Gasteiger partial charge >= 0.3 is 0 Å². The van der Waals surface area contributed by atoms with E-state index in [1.165, 1.54) is 23.1 Å². The molecule has 0 aromatic heterocycles. The number of fused-ring (bicyclic) bond motifs is 1. The minimum Gasteiger partial charge on any atom is -0.496 e. The van der Waals surface area contributed by atoms with E-state index in [0.29, 0.717) is 12.1 Å². The van der Waals surface area contributed by atoms with Crippen molar-refractivity contribution < 1.29 is 4.74 Å². The SMILES string of the molecule is COc1cccc2c1CC[C@H](N[C@H](C)c1ccccc1)C2. The van der Waals surface area contributed by atoms with E-state index >= 15 is 0 Å². The van der Waals surface area contributed by atoms with E-state index in [1.807, 2.05) is 0 Å². The van der Waals surface area contributed by atoms with Crippen LogP contribution in [0.3, 0.4) is 0 Å². The number of hydrogen-bond donors (Lipinski definition) is 1. The second-order valence-electron chi connectivity index (χ2n) is 5.84. The van der Waals surface area contributed by atoms with Crippen molar-refractivity contribution in [2.45, 2.75) is 38.3 Å². The van der Waals surface area contributed by atoms with Gasteiger partial charge in [-0.2, -0.15) is 0 Å². The van der Waals surface area contributed by atoms with Crippen molar-refractivity contribution in [3.05, 3.63) is 65.2 Å². The van der Waals surface area contributed by atoms with Crippen molar-refractivity contribution >= 4 is 0 Å². The van der Waals surface area contributed by atoms with Crippen molar-refractivity contribution in [2.75, 3.05) is 7.11 Å². The standard InChI is InChI=1S/C19H23NO/c1-14(15-7-4-3-5-8-15)20-17-11-12-18-16(13-17)9-6-10-19(18)21-2/h3-10,14,17,20H,11-13H2,1-2H3/t14-,17+/m1/s1. The fraction of sp³-hybridized carbons (Fsp3) is 0.368. The molecule has 2 aromatic rings. The summed E-state index contributed by atoms with van der Waals surface area (Å²) in [7, 11) is 1.76. The Balaban J connectivity index is 1.69. The van der Waals surface area contributed by atoms with Gasteiger partial charge in [-0.25, -0.2) is 0 Å². The summed E-state index contributed by atoms with van der Waals surface area (Å²) in [5, 5.41) is 3.77. The highest BCUT2D eigenvalue weighted by molar-refractivity contribution is 5.42. The molecule has 21 heavy (non-hydrogen) atoms. The molecule has 2 nitrogen and oxygen atoms in total. The molecule has 2 atom stereocenters. The lowest BCUT2D eigenvalue weighted by Crippen LogP contribution is -2.36. The lowest BCUT2D eigenvalue weighted by atomic mass is 9.87. The Morgan fingerprint density at radius 3 is 2.67 bits per heavy atom. The molecule has 3 rings (SSSR count). The molecular weight excluding hydrogens is 258 g/mol. The Kier molecular flexibility index (Phi) is 4.26. The van der Waals surface area contributed by atoms with Crippen LogP contribution in [0.25, 0.3) is 0 Å². The second kappa shape index (κ2) is 6.31. The van der Waals surface area contributed by atoms with Crippen LogP contribution < -0.4 is 10.1 Å². The lowest BCUT2D eigenvalue weighted by Gasteiger charge is -2.29. The number of ether oxygens (including phenoxy) is 1. The molecule has 0 aliphatic heterocycles. The Morgan fingerprint density at radius 1 is 1.10 bits per heavy atom. The summed E-state index contributed by atoms with van der Waals surface area (Å²) in [6.45, 7) is 2.25. The largest absolute Gasteiger partial charge is 0.496 e. The summed E-state index contributed by atoms with van der Waals surface area (Å²) in [6, 6.07) is 18.0. The Morgan fingerprint density at radius 2 is 1.90 bits per heavy atom. The molecule has 2 aromatic carbocycles. The molecule has 0 saturated heterocycles. The van der Waals surface area contributed by atoms with Crippen LogP contribution in [0.2, 0.25) is 0 Å². The van der Waals surface area contributed by atoms with Gasteiger partial charge in [-0.3, -0.25) is 0 Å². The number of methoxy groups -OCH3 is 1. The van der Waals surface area contributed by atoms with Crippen molar-refractivity contribution in [1.29, 1.82) is 0 Å². The average Bonchev–Trinajstić information content (AvgIpc) is 2.54. The molecule has 0 saturated carbocycles. The van der Waals surface area contributed by atoms with Gasteiger partial charge in [0.05, 0.1) is 7.11 Å². The smallest absolute Gasteiger partial charge is 0.122 e. The second-order valence-corrected chi connectivity index (χ2v) is 5.84. The summed E-state index contributed by atoms with van der Waals surface area (Å²) in [6.07, 6.45) is 3.35. The van der Waals surface area contributed by atoms with E-state index in [2.05, 4.69) is 60.8 Å². The highest BCUT2D eigenvalue weighted by Gasteiger charge is 2.22. The molecule has 0 amide bonds. The number of rotatable bonds is 4. The molecular formula is C19H23NO. The molecule has 0 heterocycles. The number of hydrogen-bond acceptors (Lipinski definition) is 2. The van der Waals surface area contributed by atoms with Gasteiger partial charge in [-0.15, -0.1) is 0 Å². The monoisotopic (exact) mass is 281 g/mol. The first-order valence-corrected chi connectivity index (χ1v) is 7.73. The van der Waals surface area contributed by atoms with E-state index in [0.717, 1.165) is 18.6 Å². The number of benzene rings is 2. The third-order valence-corrected chi connectivity index (χ3v) is 4.44. The van der Waals surface area contributed by atoms with E-state index in [1.54, 1.807) is 7.11 Å². The predicted octanol–water partition coefficient (Wildman–Crippen LogP) is 3.90. The first-order chi connectivity index (χ1) is 10.3. The van der Waals surface area contributed by atoms with Gasteiger partial charge in [0.25, 0.3) is 0 Å². The molecule has 0 unspecified atom stereocenters. The maximum Gasteiger partial charge on any atom is 0.122 e. The Hall–Kier alpha value is -1.80. The Labute approximate surface area is 127 Å². The minimum absolute atomic E-state index is 0.392. The fourth-order valence-corrected chi connectivity index (χ4v) is 3.30. The zero-order valence-corrected chi connectivity index (χ0v) is 12.8. The molecule has 2 heteroatoms. The summed E-state index contributed by atoms with van der Waals surface area (Å²) in [5.74, 6) is 1.04. The third kappa shape index (κ3) is 3.11. The average molecular weight is 281 g/mol. The van der Waals surface area contributed by atoms with Gasteiger partial charge in [-0.05, 0) is 48.9 Å². The van der Waals surface area contributed by atoms with Crippen molar-refractivity contribution in [2.24, 2.45) is 0 Å². The zero-order chi connectivity index (χ0) is 14.7. The maximum absolute atomic E-state index is 5.48. The maximum atomic E-state index is 5.48. The van der Waals surface area contributed by atoms with Crippen LogP contribution in [0.5, 0.6) is 5.75 Å². The van der Waals surface area contributed by atoms with E-state index in [4.69, 9.17) is 4.74 Å². The molecule has 0 bridgehead atoms. The minimum atomic E-state index is 0.392. The van der Waals surface area contributed by atoms with Crippen LogP contribution in [0, 0.1) is 0 Å². The van der Waals surface area contributed by atoms with Gasteiger partial charge < -0.3 is 10.1 Å². The van der Waals surface area contributed by atoms with Crippen LogP contribution >= 0.6 is 0 Å². The van der Waals surface area contributed by atoms with Gasteiger partial charge in [0, 0.05) is 12.1 Å². The zero-order valence-electron chi connectivity index (χ0n) is 12.8. The van der Waals surface area contributed by atoms with Crippen molar-refractivity contribution in [3.63, 3.8) is 0 Å². The topological polar surface area (TPSA) is 21.3 Å². The lowest BCUT2D eigenvalue weighted by molar-refractivity contribution is 0.386. The van der Waals surface area contributed by atoms with Crippen LogP contribution in [-0.2, 0) is 12.8 Å². The van der Waals surface area contributed by atoms with Crippen LogP contribution in [-0.4, -0.2) is 13.2 Å². The summed E-state index contributed by atoms with van der Waals surface area (Å²) in [4.78, 5) is 0. The van der Waals surface area contributed by atoms with Crippen molar-refractivity contribution in [1.82, 2.24) is 5.32 Å².